The van der Waals surface area contributed by atoms with Crippen LogP contribution < -0.4 is 0 Å². The second-order valence-electron chi connectivity index (χ2n) is 7.06. The third-order valence-corrected chi connectivity index (χ3v) is 4.02. The largest absolute Gasteiger partial charge is 0.444 e. The maximum absolute atomic E-state index is 12.1. The summed E-state index contributed by atoms with van der Waals surface area (Å²) in [7, 11) is 0. The van der Waals surface area contributed by atoms with Gasteiger partial charge in [0.2, 0.25) is 0 Å². The molecule has 1 heterocycles. The van der Waals surface area contributed by atoms with Crippen molar-refractivity contribution in [3.63, 3.8) is 0 Å². The zero-order valence-corrected chi connectivity index (χ0v) is 15.7. The monoisotopic (exact) mass is 347 g/mol. The number of aryl methyl sites for hydroxylation is 1. The lowest BCUT2D eigenvalue weighted by molar-refractivity contribution is 0.0139. The Morgan fingerprint density at radius 3 is 2.54 bits per heavy atom. The first kappa shape index (κ1) is 18.6. The SMILES string of the molecule is Cc1ccc(N=C=S)cc1CN1CCN(C(=O)OC(C)(C)C)CC1. The molecule has 0 atom stereocenters. The van der Waals surface area contributed by atoms with Crippen molar-refractivity contribution in [2.75, 3.05) is 26.2 Å². The average molecular weight is 347 g/mol. The van der Waals surface area contributed by atoms with Crippen LogP contribution in [0.25, 0.3) is 0 Å². The smallest absolute Gasteiger partial charge is 0.410 e. The number of benzene rings is 1. The molecule has 0 N–H and O–H groups in total. The van der Waals surface area contributed by atoms with E-state index in [-0.39, 0.29) is 6.09 Å². The molecule has 1 aromatic carbocycles. The quantitative estimate of drug-likeness (QED) is 0.616. The van der Waals surface area contributed by atoms with Crippen LogP contribution in [0, 0.1) is 6.92 Å². The number of aliphatic imine (C=N–C) groups is 1. The molecule has 2 rings (SSSR count). The van der Waals surface area contributed by atoms with Crippen LogP contribution in [-0.2, 0) is 11.3 Å². The number of nitrogens with zero attached hydrogens (tertiary/aromatic N) is 3. The summed E-state index contributed by atoms with van der Waals surface area (Å²) in [5.74, 6) is 0. The summed E-state index contributed by atoms with van der Waals surface area (Å²) in [6, 6.07) is 6.05. The standard InChI is InChI=1S/C18H25N3O2S/c1-14-5-6-16(19-13-24)11-15(14)12-20-7-9-21(10-8-20)17(22)23-18(2,3)4/h5-6,11H,7-10,12H2,1-4H3. The Balaban J connectivity index is 1.93. The Morgan fingerprint density at radius 1 is 1.29 bits per heavy atom. The van der Waals surface area contributed by atoms with Crippen molar-refractivity contribution in [1.82, 2.24) is 9.80 Å². The van der Waals surface area contributed by atoms with Crippen molar-refractivity contribution < 1.29 is 9.53 Å². The van der Waals surface area contributed by atoms with E-state index in [1.54, 1.807) is 4.90 Å². The topological polar surface area (TPSA) is 45.1 Å². The number of amides is 1. The summed E-state index contributed by atoms with van der Waals surface area (Å²) < 4.78 is 5.43. The molecule has 1 saturated heterocycles. The number of carbonyl (C=O) groups excluding carboxylic acids is 1. The molecule has 1 aromatic rings. The van der Waals surface area contributed by atoms with Crippen LogP contribution in [0.4, 0.5) is 10.5 Å². The number of piperazine rings is 1. The summed E-state index contributed by atoms with van der Waals surface area (Å²) in [4.78, 5) is 20.3. The molecule has 1 aliphatic heterocycles. The van der Waals surface area contributed by atoms with Crippen molar-refractivity contribution in [2.45, 2.75) is 39.8 Å². The molecule has 5 nitrogen and oxygen atoms in total. The zero-order valence-electron chi connectivity index (χ0n) is 14.8. The predicted octanol–water partition coefficient (Wildman–Crippen LogP) is 3.78. The molecule has 24 heavy (non-hydrogen) atoms. The Bertz CT molecular complexity index is 640. The maximum Gasteiger partial charge on any atom is 0.410 e. The fourth-order valence-corrected chi connectivity index (χ4v) is 2.71. The molecule has 0 aliphatic carbocycles. The number of hydrogen-bond acceptors (Lipinski definition) is 5. The van der Waals surface area contributed by atoms with Gasteiger partial charge in [-0.3, -0.25) is 4.90 Å². The number of carbonyl (C=O) groups is 1. The normalized spacial score (nSPS) is 15.8. The van der Waals surface area contributed by atoms with Gasteiger partial charge >= 0.3 is 6.09 Å². The molecule has 0 radical (unpaired) electrons. The molecule has 1 amide bonds. The number of hydrogen-bond donors (Lipinski definition) is 0. The van der Waals surface area contributed by atoms with Gasteiger partial charge in [-0.1, -0.05) is 6.07 Å². The molecule has 6 heteroatoms. The lowest BCUT2D eigenvalue weighted by atomic mass is 10.1. The second-order valence-corrected chi connectivity index (χ2v) is 7.24. The lowest BCUT2D eigenvalue weighted by Gasteiger charge is -2.35. The number of rotatable bonds is 3. The summed E-state index contributed by atoms with van der Waals surface area (Å²) in [5, 5.41) is 2.41. The molecule has 0 aromatic heterocycles. The van der Waals surface area contributed by atoms with Crippen LogP contribution in [0.2, 0.25) is 0 Å². The molecular formula is C18H25N3O2S. The van der Waals surface area contributed by atoms with Gasteiger partial charge in [-0.25, -0.2) is 4.79 Å². The summed E-state index contributed by atoms with van der Waals surface area (Å²) in [6.45, 7) is 11.6. The molecular weight excluding hydrogens is 322 g/mol. The minimum atomic E-state index is -0.450. The Kier molecular flexibility index (Phi) is 6.10. The minimum absolute atomic E-state index is 0.226. The second kappa shape index (κ2) is 7.88. The molecule has 0 spiro atoms. The van der Waals surface area contributed by atoms with E-state index >= 15 is 0 Å². The van der Waals surface area contributed by atoms with Crippen LogP contribution in [0.15, 0.2) is 23.2 Å². The van der Waals surface area contributed by atoms with Gasteiger partial charge in [0.25, 0.3) is 0 Å². The zero-order chi connectivity index (χ0) is 17.7. The van der Waals surface area contributed by atoms with Crippen LogP contribution in [0.5, 0.6) is 0 Å². The summed E-state index contributed by atoms with van der Waals surface area (Å²) in [6.07, 6.45) is -0.226. The van der Waals surface area contributed by atoms with Gasteiger partial charge in [-0.15, -0.1) is 0 Å². The highest BCUT2D eigenvalue weighted by Crippen LogP contribution is 2.20. The molecule has 0 unspecified atom stereocenters. The number of thiocarbonyl (C=S) groups is 1. The highest BCUT2D eigenvalue weighted by molar-refractivity contribution is 7.78. The van der Waals surface area contributed by atoms with Gasteiger partial charge in [0.15, 0.2) is 0 Å². The van der Waals surface area contributed by atoms with E-state index in [2.05, 4.69) is 46.3 Å². The van der Waals surface area contributed by atoms with Crippen molar-refractivity contribution in [3.8, 4) is 0 Å². The minimum Gasteiger partial charge on any atom is -0.444 e. The van der Waals surface area contributed by atoms with Crippen LogP contribution >= 0.6 is 12.2 Å². The van der Waals surface area contributed by atoms with Gasteiger partial charge < -0.3 is 9.64 Å². The summed E-state index contributed by atoms with van der Waals surface area (Å²) in [5.41, 5.74) is 2.84. The summed E-state index contributed by atoms with van der Waals surface area (Å²) >= 11 is 4.67. The fourth-order valence-electron chi connectivity index (χ4n) is 2.61. The first-order valence-electron chi connectivity index (χ1n) is 8.16. The molecule has 1 fully saturated rings. The van der Waals surface area contributed by atoms with E-state index in [0.717, 1.165) is 25.3 Å². The number of isothiocyanates is 1. The molecule has 0 saturated carbocycles. The average Bonchev–Trinajstić information content (AvgIpc) is 2.50. The fraction of sp³-hybridized carbons (Fsp3) is 0.556. The number of ether oxygens (including phenoxy) is 1. The van der Waals surface area contributed by atoms with E-state index < -0.39 is 5.60 Å². The van der Waals surface area contributed by atoms with E-state index in [4.69, 9.17) is 4.74 Å². The van der Waals surface area contributed by atoms with Crippen molar-refractivity contribution in [1.29, 1.82) is 0 Å². The Morgan fingerprint density at radius 2 is 1.96 bits per heavy atom. The van der Waals surface area contributed by atoms with Gasteiger partial charge in [0, 0.05) is 32.7 Å². The molecule has 1 aliphatic rings. The third kappa shape index (κ3) is 5.41. The van der Waals surface area contributed by atoms with Crippen molar-refractivity contribution in [3.05, 3.63) is 29.3 Å². The Labute approximate surface area is 149 Å². The maximum atomic E-state index is 12.1. The van der Waals surface area contributed by atoms with E-state index in [0.29, 0.717) is 13.1 Å². The van der Waals surface area contributed by atoms with Gasteiger partial charge in [0.05, 0.1) is 10.8 Å². The van der Waals surface area contributed by atoms with E-state index in [9.17, 15) is 4.79 Å². The molecule has 0 bridgehead atoms. The predicted molar refractivity (Wildman–Crippen MR) is 98.9 cm³/mol. The van der Waals surface area contributed by atoms with E-state index in [1.807, 2.05) is 26.8 Å². The first-order chi connectivity index (χ1) is 11.3. The highest BCUT2D eigenvalue weighted by Gasteiger charge is 2.25. The van der Waals surface area contributed by atoms with Crippen LogP contribution in [0.1, 0.15) is 31.9 Å². The van der Waals surface area contributed by atoms with Crippen LogP contribution in [-0.4, -0.2) is 52.8 Å². The van der Waals surface area contributed by atoms with Gasteiger partial charge in [0.1, 0.15) is 5.60 Å². The lowest BCUT2D eigenvalue weighted by Crippen LogP contribution is -2.49. The van der Waals surface area contributed by atoms with E-state index in [1.165, 1.54) is 11.1 Å². The molecule has 130 valence electrons. The first-order valence-corrected chi connectivity index (χ1v) is 8.57. The van der Waals surface area contributed by atoms with Gasteiger partial charge in [-0.05, 0) is 63.2 Å². The van der Waals surface area contributed by atoms with Crippen LogP contribution in [0.3, 0.4) is 0 Å². The van der Waals surface area contributed by atoms with Gasteiger partial charge in [-0.2, -0.15) is 4.99 Å². The van der Waals surface area contributed by atoms with Crippen molar-refractivity contribution in [2.24, 2.45) is 4.99 Å². The van der Waals surface area contributed by atoms with Crippen molar-refractivity contribution >= 4 is 29.2 Å². The highest BCUT2D eigenvalue weighted by atomic mass is 32.1. The third-order valence-electron chi connectivity index (χ3n) is 3.93. The Hall–Kier alpha value is -1.75.